The van der Waals surface area contributed by atoms with Crippen LogP contribution in [0.2, 0.25) is 5.02 Å². The Kier molecular flexibility index (Phi) is 7.06. The van der Waals surface area contributed by atoms with E-state index in [9.17, 15) is 5.11 Å². The summed E-state index contributed by atoms with van der Waals surface area (Å²) in [7, 11) is 0. The zero-order chi connectivity index (χ0) is 12.5. The van der Waals surface area contributed by atoms with Gasteiger partial charge >= 0.3 is 0 Å². The van der Waals surface area contributed by atoms with E-state index in [2.05, 4.69) is 6.92 Å². The van der Waals surface area contributed by atoms with Crippen molar-refractivity contribution >= 4 is 11.6 Å². The second-order valence-electron chi connectivity index (χ2n) is 4.27. The van der Waals surface area contributed by atoms with Gasteiger partial charge in [0.2, 0.25) is 0 Å². The Bertz CT molecular complexity index is 298. The Labute approximate surface area is 109 Å². The van der Waals surface area contributed by atoms with E-state index in [4.69, 9.17) is 16.3 Å². The largest absolute Gasteiger partial charge is 0.491 e. The molecule has 0 radical (unpaired) electrons. The van der Waals surface area contributed by atoms with E-state index in [0.717, 1.165) is 18.6 Å². The summed E-state index contributed by atoms with van der Waals surface area (Å²) < 4.78 is 5.47. The zero-order valence-corrected chi connectivity index (χ0v) is 11.1. The molecule has 1 N–H and O–H groups in total. The van der Waals surface area contributed by atoms with Gasteiger partial charge in [0.05, 0.1) is 6.10 Å². The van der Waals surface area contributed by atoms with E-state index in [1.165, 1.54) is 19.3 Å². The van der Waals surface area contributed by atoms with Crippen molar-refractivity contribution in [2.24, 2.45) is 0 Å². The van der Waals surface area contributed by atoms with Crippen LogP contribution in [0, 0.1) is 0 Å². The number of rotatable bonds is 8. The molecule has 96 valence electrons. The zero-order valence-electron chi connectivity index (χ0n) is 10.4. The highest BCUT2D eigenvalue weighted by molar-refractivity contribution is 6.30. The molecule has 1 rings (SSSR count). The van der Waals surface area contributed by atoms with Crippen LogP contribution < -0.4 is 4.74 Å². The van der Waals surface area contributed by atoms with Crippen LogP contribution in [-0.2, 0) is 0 Å². The molecule has 0 saturated carbocycles. The number of unbranched alkanes of at least 4 members (excludes halogenated alkanes) is 3. The number of benzene rings is 1. The van der Waals surface area contributed by atoms with Crippen molar-refractivity contribution in [1.82, 2.24) is 0 Å². The third kappa shape index (κ3) is 6.54. The van der Waals surface area contributed by atoms with Crippen LogP contribution in [0.15, 0.2) is 24.3 Å². The third-order valence-electron chi connectivity index (χ3n) is 2.65. The minimum Gasteiger partial charge on any atom is -0.491 e. The minimum atomic E-state index is -0.373. The lowest BCUT2D eigenvalue weighted by Gasteiger charge is -2.12. The first kappa shape index (κ1) is 14.3. The van der Waals surface area contributed by atoms with E-state index in [0.29, 0.717) is 11.6 Å². The van der Waals surface area contributed by atoms with Crippen LogP contribution in [0.3, 0.4) is 0 Å². The summed E-state index contributed by atoms with van der Waals surface area (Å²) in [6.07, 6.45) is 5.16. The molecule has 17 heavy (non-hydrogen) atoms. The summed E-state index contributed by atoms with van der Waals surface area (Å²) in [6, 6.07) is 7.19. The van der Waals surface area contributed by atoms with Gasteiger partial charge in [-0.3, -0.25) is 0 Å². The molecule has 0 saturated heterocycles. The predicted molar refractivity (Wildman–Crippen MR) is 71.7 cm³/mol. The molecule has 0 bridgehead atoms. The van der Waals surface area contributed by atoms with E-state index >= 15 is 0 Å². The second kappa shape index (κ2) is 8.37. The van der Waals surface area contributed by atoms with Gasteiger partial charge in [-0.05, 0) is 30.7 Å². The van der Waals surface area contributed by atoms with E-state index in [-0.39, 0.29) is 6.10 Å². The van der Waals surface area contributed by atoms with Crippen molar-refractivity contribution in [3.63, 3.8) is 0 Å². The lowest BCUT2D eigenvalue weighted by molar-refractivity contribution is 0.0975. The second-order valence-corrected chi connectivity index (χ2v) is 4.70. The number of aliphatic hydroxyl groups is 1. The third-order valence-corrected chi connectivity index (χ3v) is 2.90. The van der Waals surface area contributed by atoms with Gasteiger partial charge in [-0.2, -0.15) is 0 Å². The molecule has 0 amide bonds. The smallest absolute Gasteiger partial charge is 0.119 e. The van der Waals surface area contributed by atoms with Gasteiger partial charge in [0.25, 0.3) is 0 Å². The normalized spacial score (nSPS) is 12.4. The number of aliphatic hydroxyl groups excluding tert-OH is 1. The molecule has 3 heteroatoms. The number of hydrogen-bond donors (Lipinski definition) is 1. The maximum Gasteiger partial charge on any atom is 0.119 e. The first-order valence-corrected chi connectivity index (χ1v) is 6.66. The molecule has 1 atom stereocenters. The fourth-order valence-electron chi connectivity index (χ4n) is 1.61. The summed E-state index contributed by atoms with van der Waals surface area (Å²) in [5.41, 5.74) is 0. The molecule has 1 aromatic rings. The maximum absolute atomic E-state index is 9.71. The number of ether oxygens (including phenoxy) is 1. The highest BCUT2D eigenvalue weighted by Gasteiger charge is 2.04. The molecule has 2 nitrogen and oxygen atoms in total. The van der Waals surface area contributed by atoms with Crippen molar-refractivity contribution in [2.45, 2.75) is 45.1 Å². The SMILES string of the molecule is CCCCCCC(O)COc1ccc(Cl)cc1. The fourth-order valence-corrected chi connectivity index (χ4v) is 1.74. The number of hydrogen-bond acceptors (Lipinski definition) is 2. The van der Waals surface area contributed by atoms with Crippen LogP contribution in [0.25, 0.3) is 0 Å². The Morgan fingerprint density at radius 1 is 1.18 bits per heavy atom. The summed E-state index contributed by atoms with van der Waals surface area (Å²) >= 11 is 5.77. The average Bonchev–Trinajstić information content (AvgIpc) is 2.34. The monoisotopic (exact) mass is 256 g/mol. The van der Waals surface area contributed by atoms with Gasteiger partial charge in [0.1, 0.15) is 12.4 Å². The van der Waals surface area contributed by atoms with Crippen LogP contribution in [0.4, 0.5) is 0 Å². The predicted octanol–water partition coefficient (Wildman–Crippen LogP) is 4.05. The standard InChI is InChI=1S/C14H21ClO2/c1-2-3-4-5-6-13(16)11-17-14-9-7-12(15)8-10-14/h7-10,13,16H,2-6,11H2,1H3. The fraction of sp³-hybridized carbons (Fsp3) is 0.571. The summed E-state index contributed by atoms with van der Waals surface area (Å²) in [6.45, 7) is 2.54. The first-order valence-electron chi connectivity index (χ1n) is 6.28. The van der Waals surface area contributed by atoms with Crippen molar-refractivity contribution < 1.29 is 9.84 Å². The quantitative estimate of drug-likeness (QED) is 0.711. The summed E-state index contributed by atoms with van der Waals surface area (Å²) in [4.78, 5) is 0. The topological polar surface area (TPSA) is 29.5 Å². The minimum absolute atomic E-state index is 0.355. The maximum atomic E-state index is 9.71. The summed E-state index contributed by atoms with van der Waals surface area (Å²) in [5, 5.41) is 10.4. The van der Waals surface area contributed by atoms with Crippen LogP contribution in [0.1, 0.15) is 39.0 Å². The van der Waals surface area contributed by atoms with Gasteiger partial charge < -0.3 is 9.84 Å². The Hall–Kier alpha value is -0.730. The van der Waals surface area contributed by atoms with E-state index in [1.54, 1.807) is 12.1 Å². The molecular weight excluding hydrogens is 236 g/mol. The van der Waals surface area contributed by atoms with Gasteiger partial charge in [-0.1, -0.05) is 44.2 Å². The van der Waals surface area contributed by atoms with Gasteiger partial charge in [0.15, 0.2) is 0 Å². The molecule has 0 aliphatic heterocycles. The highest BCUT2D eigenvalue weighted by atomic mass is 35.5. The van der Waals surface area contributed by atoms with Crippen molar-refractivity contribution in [1.29, 1.82) is 0 Å². The molecule has 0 fully saturated rings. The Morgan fingerprint density at radius 2 is 1.88 bits per heavy atom. The van der Waals surface area contributed by atoms with Gasteiger partial charge in [0, 0.05) is 5.02 Å². The highest BCUT2D eigenvalue weighted by Crippen LogP contribution is 2.16. The lowest BCUT2D eigenvalue weighted by Crippen LogP contribution is -2.17. The van der Waals surface area contributed by atoms with Gasteiger partial charge in [-0.15, -0.1) is 0 Å². The van der Waals surface area contributed by atoms with Crippen LogP contribution >= 0.6 is 11.6 Å². The van der Waals surface area contributed by atoms with Gasteiger partial charge in [-0.25, -0.2) is 0 Å². The molecule has 0 aliphatic carbocycles. The molecular formula is C14H21ClO2. The van der Waals surface area contributed by atoms with E-state index in [1.807, 2.05) is 12.1 Å². The molecule has 0 heterocycles. The summed E-state index contributed by atoms with van der Waals surface area (Å²) in [5.74, 6) is 0.752. The molecule has 0 aliphatic rings. The molecule has 1 unspecified atom stereocenters. The molecule has 0 aromatic heterocycles. The van der Waals surface area contributed by atoms with Crippen LogP contribution in [-0.4, -0.2) is 17.8 Å². The van der Waals surface area contributed by atoms with Crippen molar-refractivity contribution in [3.05, 3.63) is 29.3 Å². The Morgan fingerprint density at radius 3 is 2.53 bits per heavy atom. The Balaban J connectivity index is 2.14. The molecule has 1 aromatic carbocycles. The lowest BCUT2D eigenvalue weighted by atomic mass is 10.1. The van der Waals surface area contributed by atoms with E-state index < -0.39 is 0 Å². The van der Waals surface area contributed by atoms with Crippen molar-refractivity contribution in [2.75, 3.05) is 6.61 Å². The molecule has 0 spiro atoms. The average molecular weight is 257 g/mol. The number of halogens is 1. The van der Waals surface area contributed by atoms with Crippen LogP contribution in [0.5, 0.6) is 5.75 Å². The first-order chi connectivity index (χ1) is 8.22. The van der Waals surface area contributed by atoms with Crippen molar-refractivity contribution in [3.8, 4) is 5.75 Å².